The Hall–Kier alpha value is -1.05. The first-order valence-electron chi connectivity index (χ1n) is 6.36. The van der Waals surface area contributed by atoms with Gasteiger partial charge in [0.1, 0.15) is 0 Å². The monoisotopic (exact) mass is 236 g/mol. The van der Waals surface area contributed by atoms with Crippen LogP contribution >= 0.6 is 0 Å². The number of allylic oxidation sites excluding steroid dienone is 4. The van der Waals surface area contributed by atoms with E-state index >= 15 is 0 Å². The van der Waals surface area contributed by atoms with Crippen LogP contribution in [0.15, 0.2) is 23.8 Å². The molecule has 0 spiro atoms. The summed E-state index contributed by atoms with van der Waals surface area (Å²) >= 11 is 0. The van der Waals surface area contributed by atoms with E-state index in [0.29, 0.717) is 5.92 Å². The topological polar surface area (TPSA) is 37.3 Å². The third-order valence-corrected chi connectivity index (χ3v) is 3.68. The average molecular weight is 236 g/mol. The zero-order valence-electron chi connectivity index (χ0n) is 11.4. The van der Waals surface area contributed by atoms with Crippen molar-refractivity contribution >= 4 is 5.97 Å². The van der Waals surface area contributed by atoms with Gasteiger partial charge in [0.05, 0.1) is 6.42 Å². The predicted molar refractivity (Wildman–Crippen MR) is 70.8 cm³/mol. The zero-order chi connectivity index (χ0) is 13.1. The van der Waals surface area contributed by atoms with Crippen molar-refractivity contribution in [1.29, 1.82) is 0 Å². The van der Waals surface area contributed by atoms with Gasteiger partial charge in [-0.25, -0.2) is 0 Å². The highest BCUT2D eigenvalue weighted by Crippen LogP contribution is 2.41. The lowest BCUT2D eigenvalue weighted by atomic mass is 9.68. The van der Waals surface area contributed by atoms with Gasteiger partial charge in [-0.15, -0.1) is 0 Å². The van der Waals surface area contributed by atoms with Gasteiger partial charge < -0.3 is 5.11 Å². The molecule has 2 atom stereocenters. The number of hydrogen-bond acceptors (Lipinski definition) is 1. The summed E-state index contributed by atoms with van der Waals surface area (Å²) in [5.41, 5.74) is 1.52. The number of carbonyl (C=O) groups is 1. The molecule has 1 N–H and O–H groups in total. The fraction of sp³-hybridized carbons (Fsp3) is 0.667. The van der Waals surface area contributed by atoms with E-state index in [0.717, 1.165) is 12.8 Å². The van der Waals surface area contributed by atoms with E-state index < -0.39 is 5.97 Å². The van der Waals surface area contributed by atoms with E-state index in [9.17, 15) is 4.79 Å². The van der Waals surface area contributed by atoms with Crippen LogP contribution in [-0.4, -0.2) is 11.1 Å². The Kier molecular flexibility index (Phi) is 4.55. The summed E-state index contributed by atoms with van der Waals surface area (Å²) in [4.78, 5) is 10.8. The van der Waals surface area contributed by atoms with Crippen molar-refractivity contribution < 1.29 is 9.90 Å². The highest BCUT2D eigenvalue weighted by atomic mass is 16.4. The minimum absolute atomic E-state index is 0.182. The van der Waals surface area contributed by atoms with Crippen LogP contribution in [0, 0.1) is 17.3 Å². The van der Waals surface area contributed by atoms with Crippen LogP contribution in [-0.2, 0) is 4.79 Å². The van der Waals surface area contributed by atoms with Gasteiger partial charge in [-0.3, -0.25) is 4.79 Å². The zero-order valence-corrected chi connectivity index (χ0v) is 11.4. The summed E-state index contributed by atoms with van der Waals surface area (Å²) in [5.74, 6) is 0.0585. The van der Waals surface area contributed by atoms with Gasteiger partial charge in [-0.2, -0.15) is 0 Å². The van der Waals surface area contributed by atoms with Crippen molar-refractivity contribution in [3.8, 4) is 0 Å². The molecule has 0 aromatic rings. The summed E-state index contributed by atoms with van der Waals surface area (Å²) in [6, 6.07) is 0. The van der Waals surface area contributed by atoms with Crippen LogP contribution in [0.5, 0.6) is 0 Å². The molecule has 1 rings (SSSR count). The first-order chi connectivity index (χ1) is 7.81. The summed E-state index contributed by atoms with van der Waals surface area (Å²) in [6.45, 7) is 8.70. The van der Waals surface area contributed by atoms with Gasteiger partial charge in [0, 0.05) is 0 Å². The van der Waals surface area contributed by atoms with Crippen LogP contribution in [0.3, 0.4) is 0 Å². The Morgan fingerprint density at radius 2 is 2.12 bits per heavy atom. The van der Waals surface area contributed by atoms with E-state index in [1.807, 2.05) is 0 Å². The number of aliphatic carboxylic acids is 1. The normalized spacial score (nSPS) is 26.6. The third-order valence-electron chi connectivity index (χ3n) is 3.68. The number of rotatable bonds is 4. The van der Waals surface area contributed by atoms with Crippen LogP contribution in [0.2, 0.25) is 0 Å². The lowest BCUT2D eigenvalue weighted by molar-refractivity contribution is -0.138. The van der Waals surface area contributed by atoms with Crippen molar-refractivity contribution in [2.75, 3.05) is 0 Å². The smallest absolute Gasteiger partial charge is 0.303 e. The van der Waals surface area contributed by atoms with E-state index in [1.165, 1.54) is 5.57 Å². The SMILES string of the molecule is CC(C)=CC[C@H]1C[C@@H](CC(=O)O)C=CC1(C)C. The van der Waals surface area contributed by atoms with Gasteiger partial charge in [0.2, 0.25) is 0 Å². The molecule has 0 aliphatic heterocycles. The van der Waals surface area contributed by atoms with Gasteiger partial charge in [-0.05, 0) is 43.9 Å². The minimum Gasteiger partial charge on any atom is -0.481 e. The van der Waals surface area contributed by atoms with Gasteiger partial charge >= 0.3 is 5.97 Å². The van der Waals surface area contributed by atoms with Crippen LogP contribution in [0.4, 0.5) is 0 Å². The molecule has 0 fully saturated rings. The molecule has 0 amide bonds. The van der Waals surface area contributed by atoms with Gasteiger partial charge in [0.25, 0.3) is 0 Å². The van der Waals surface area contributed by atoms with Gasteiger partial charge in [-0.1, -0.05) is 37.6 Å². The molecule has 0 unspecified atom stereocenters. The highest BCUT2D eigenvalue weighted by Gasteiger charge is 2.32. The van der Waals surface area contributed by atoms with Crippen molar-refractivity contribution in [2.45, 2.75) is 47.0 Å². The molecule has 2 nitrogen and oxygen atoms in total. The van der Waals surface area contributed by atoms with Crippen LogP contribution in [0.25, 0.3) is 0 Å². The average Bonchev–Trinajstić information content (AvgIpc) is 2.17. The molecule has 0 aromatic heterocycles. The standard InChI is InChI=1S/C15H24O2/c1-11(2)5-6-13-9-12(10-14(16)17)7-8-15(13,3)4/h5,7-8,12-13H,6,9-10H2,1-4H3,(H,16,17)/t12-,13-/m0/s1. The Morgan fingerprint density at radius 1 is 1.47 bits per heavy atom. The molecule has 17 heavy (non-hydrogen) atoms. The molecule has 1 aliphatic rings. The van der Waals surface area contributed by atoms with Crippen molar-refractivity contribution in [3.05, 3.63) is 23.8 Å². The molecular formula is C15H24O2. The molecule has 0 radical (unpaired) electrons. The summed E-state index contributed by atoms with van der Waals surface area (Å²) in [5, 5.41) is 8.85. The van der Waals surface area contributed by atoms with Crippen molar-refractivity contribution in [2.24, 2.45) is 17.3 Å². The highest BCUT2D eigenvalue weighted by molar-refractivity contribution is 5.67. The van der Waals surface area contributed by atoms with Crippen LogP contribution in [0.1, 0.15) is 47.0 Å². The molecule has 96 valence electrons. The number of carboxylic acid groups (broad SMARTS) is 1. The first-order valence-corrected chi connectivity index (χ1v) is 6.36. The van der Waals surface area contributed by atoms with Gasteiger partial charge in [0.15, 0.2) is 0 Å². The Labute approximate surface area is 104 Å². The Morgan fingerprint density at radius 3 is 2.65 bits per heavy atom. The van der Waals surface area contributed by atoms with E-state index in [1.54, 1.807) is 0 Å². The summed E-state index contributed by atoms with van der Waals surface area (Å²) in [7, 11) is 0. The Bertz CT molecular complexity index is 333. The minimum atomic E-state index is -0.694. The molecule has 0 aromatic carbocycles. The Balaban J connectivity index is 2.71. The maximum atomic E-state index is 10.8. The lowest BCUT2D eigenvalue weighted by Crippen LogP contribution is -2.28. The fourth-order valence-corrected chi connectivity index (χ4v) is 2.42. The number of hydrogen-bond donors (Lipinski definition) is 1. The summed E-state index contributed by atoms with van der Waals surface area (Å²) < 4.78 is 0. The molecule has 2 heteroatoms. The second-order valence-electron chi connectivity index (χ2n) is 5.99. The predicted octanol–water partition coefficient (Wildman–Crippen LogP) is 4.04. The lowest BCUT2D eigenvalue weighted by Gasteiger charge is -2.37. The second kappa shape index (κ2) is 5.52. The van der Waals surface area contributed by atoms with E-state index in [-0.39, 0.29) is 17.8 Å². The fourth-order valence-electron chi connectivity index (χ4n) is 2.42. The third kappa shape index (κ3) is 4.37. The molecule has 0 saturated carbocycles. The quantitative estimate of drug-likeness (QED) is 0.748. The molecular weight excluding hydrogens is 212 g/mol. The van der Waals surface area contributed by atoms with E-state index in [2.05, 4.69) is 45.9 Å². The van der Waals surface area contributed by atoms with Crippen LogP contribution < -0.4 is 0 Å². The van der Waals surface area contributed by atoms with E-state index in [4.69, 9.17) is 5.11 Å². The maximum Gasteiger partial charge on any atom is 0.303 e. The molecule has 0 saturated heterocycles. The second-order valence-corrected chi connectivity index (χ2v) is 5.99. The maximum absolute atomic E-state index is 10.8. The van der Waals surface area contributed by atoms with Crippen molar-refractivity contribution in [3.63, 3.8) is 0 Å². The van der Waals surface area contributed by atoms with Crippen molar-refractivity contribution in [1.82, 2.24) is 0 Å². The first kappa shape index (κ1) is 14.0. The largest absolute Gasteiger partial charge is 0.481 e. The molecule has 1 aliphatic carbocycles. The summed E-state index contributed by atoms with van der Waals surface area (Å²) in [6.07, 6.45) is 8.86. The number of carboxylic acids is 1. The molecule has 0 bridgehead atoms. The molecule has 0 heterocycles.